The van der Waals surface area contributed by atoms with Crippen LogP contribution in [0.25, 0.3) is 0 Å². The predicted molar refractivity (Wildman–Crippen MR) is 95.7 cm³/mol. The average molecular weight is 356 g/mol. The zero-order chi connectivity index (χ0) is 17.9. The molecule has 3 amide bonds. The van der Waals surface area contributed by atoms with E-state index < -0.39 is 0 Å². The van der Waals surface area contributed by atoms with Gasteiger partial charge in [0, 0.05) is 18.5 Å². The van der Waals surface area contributed by atoms with Crippen molar-refractivity contribution in [1.82, 2.24) is 10.2 Å². The van der Waals surface area contributed by atoms with Crippen molar-refractivity contribution in [1.29, 1.82) is 0 Å². The van der Waals surface area contributed by atoms with Gasteiger partial charge in [0.2, 0.25) is 17.7 Å². The van der Waals surface area contributed by atoms with Crippen LogP contribution >= 0.6 is 0 Å². The maximum atomic E-state index is 12.6. The number of hydrogen-bond donors (Lipinski definition) is 1. The molecule has 1 saturated heterocycles. The van der Waals surface area contributed by atoms with Gasteiger partial charge < -0.3 is 5.32 Å². The zero-order valence-corrected chi connectivity index (χ0v) is 15.3. The topological polar surface area (TPSA) is 66.5 Å². The minimum absolute atomic E-state index is 0.00275. The van der Waals surface area contributed by atoms with Crippen molar-refractivity contribution in [3.63, 3.8) is 0 Å². The second kappa shape index (κ2) is 5.93. The Morgan fingerprint density at radius 3 is 1.96 bits per heavy atom. The number of carbonyl (C=O) groups is 3. The number of imide groups is 1. The summed E-state index contributed by atoms with van der Waals surface area (Å²) in [6.07, 6.45) is 13.0. The summed E-state index contributed by atoms with van der Waals surface area (Å²) in [6, 6.07) is 0. The number of fused-ring (bicyclic) bond motifs is 1. The molecule has 5 nitrogen and oxygen atoms in total. The summed E-state index contributed by atoms with van der Waals surface area (Å²) in [7, 11) is 0. The van der Waals surface area contributed by atoms with Crippen LogP contribution in [0, 0.1) is 29.6 Å². The van der Waals surface area contributed by atoms with E-state index in [9.17, 15) is 14.4 Å². The van der Waals surface area contributed by atoms with Crippen molar-refractivity contribution in [2.24, 2.45) is 29.6 Å². The molecule has 4 bridgehead atoms. The van der Waals surface area contributed by atoms with Gasteiger partial charge in [0.1, 0.15) is 0 Å². The molecule has 5 aliphatic carbocycles. The molecule has 0 unspecified atom stereocenters. The van der Waals surface area contributed by atoms with Crippen LogP contribution in [0.2, 0.25) is 0 Å². The van der Waals surface area contributed by atoms with Crippen LogP contribution < -0.4 is 5.32 Å². The lowest BCUT2D eigenvalue weighted by Gasteiger charge is -2.56. The molecule has 1 heterocycles. The van der Waals surface area contributed by atoms with Gasteiger partial charge in [-0.25, -0.2) is 0 Å². The van der Waals surface area contributed by atoms with Crippen molar-refractivity contribution in [2.45, 2.75) is 63.3 Å². The van der Waals surface area contributed by atoms with Gasteiger partial charge in [0.15, 0.2) is 0 Å². The Morgan fingerprint density at radius 1 is 0.962 bits per heavy atom. The maximum absolute atomic E-state index is 12.6. The molecule has 1 aliphatic heterocycles. The number of rotatable bonds is 4. The standard InChI is InChI=1S/C21H28N2O3/c24-18(22-21-10-13-7-14(11-21)9-15(8-13)12-21)5-6-23-19(25)16-3-1-2-4-17(16)20(23)26/h1-2,13-17H,3-12H2,(H,22,24)/t13?,14?,15?,16-,17-,21?/m0/s1. The van der Waals surface area contributed by atoms with Gasteiger partial charge >= 0.3 is 0 Å². The van der Waals surface area contributed by atoms with Gasteiger partial charge in [-0.05, 0) is 69.1 Å². The number of allylic oxidation sites excluding steroid dienone is 2. The highest BCUT2D eigenvalue weighted by Gasteiger charge is 2.52. The maximum Gasteiger partial charge on any atom is 0.233 e. The Kier molecular flexibility index (Phi) is 3.77. The smallest absolute Gasteiger partial charge is 0.233 e. The summed E-state index contributed by atoms with van der Waals surface area (Å²) < 4.78 is 0. The number of amides is 3. The molecular formula is C21H28N2O3. The largest absolute Gasteiger partial charge is 0.351 e. The SMILES string of the molecule is O=C(CCN1C(=O)[C@H]2CC=CC[C@@H]2C1=O)NC12CC3CC(CC(C3)C1)C2. The van der Waals surface area contributed by atoms with Crippen LogP contribution in [0.4, 0.5) is 0 Å². The van der Waals surface area contributed by atoms with E-state index in [1.807, 2.05) is 12.2 Å². The molecule has 6 rings (SSSR count). The lowest BCUT2D eigenvalue weighted by molar-refractivity contribution is -0.140. The molecule has 6 aliphatic rings. The first-order valence-electron chi connectivity index (χ1n) is 10.3. The number of nitrogens with one attached hydrogen (secondary N) is 1. The summed E-state index contributed by atoms with van der Waals surface area (Å²) in [4.78, 5) is 39.0. The van der Waals surface area contributed by atoms with E-state index >= 15 is 0 Å². The van der Waals surface area contributed by atoms with E-state index in [1.165, 1.54) is 24.2 Å². The van der Waals surface area contributed by atoms with E-state index in [1.54, 1.807) is 0 Å². The van der Waals surface area contributed by atoms with Crippen LogP contribution in [-0.4, -0.2) is 34.7 Å². The van der Waals surface area contributed by atoms with E-state index in [-0.39, 0.29) is 48.1 Å². The molecule has 0 aromatic heterocycles. The number of carbonyl (C=O) groups excluding carboxylic acids is 3. The summed E-state index contributed by atoms with van der Waals surface area (Å²) in [5.41, 5.74) is 0.00275. The highest BCUT2D eigenvalue weighted by molar-refractivity contribution is 6.05. The monoisotopic (exact) mass is 356 g/mol. The molecule has 1 N–H and O–H groups in total. The second-order valence-electron chi connectivity index (χ2n) is 9.48. The lowest BCUT2D eigenvalue weighted by Crippen LogP contribution is -2.60. The highest BCUT2D eigenvalue weighted by Crippen LogP contribution is 2.55. The normalized spacial score (nSPS) is 43.1. The van der Waals surface area contributed by atoms with Gasteiger partial charge in [-0.15, -0.1) is 0 Å². The molecule has 26 heavy (non-hydrogen) atoms. The van der Waals surface area contributed by atoms with Crippen LogP contribution in [-0.2, 0) is 14.4 Å². The summed E-state index contributed by atoms with van der Waals surface area (Å²) in [6.45, 7) is 0.239. The lowest BCUT2D eigenvalue weighted by atomic mass is 9.53. The molecule has 0 radical (unpaired) electrons. The Bertz CT molecular complexity index is 621. The fourth-order valence-electron chi connectivity index (χ4n) is 6.92. The molecule has 0 aromatic rings. The third-order valence-corrected chi connectivity index (χ3v) is 7.60. The highest BCUT2D eigenvalue weighted by atomic mass is 16.2. The van der Waals surface area contributed by atoms with Crippen molar-refractivity contribution in [3.8, 4) is 0 Å². The molecule has 5 fully saturated rings. The first-order chi connectivity index (χ1) is 12.5. The van der Waals surface area contributed by atoms with Crippen molar-refractivity contribution < 1.29 is 14.4 Å². The number of hydrogen-bond acceptors (Lipinski definition) is 3. The van der Waals surface area contributed by atoms with Gasteiger partial charge in [-0.3, -0.25) is 19.3 Å². The molecule has 0 aromatic carbocycles. The third kappa shape index (κ3) is 2.62. The summed E-state index contributed by atoms with van der Waals surface area (Å²) in [5, 5.41) is 3.34. The van der Waals surface area contributed by atoms with E-state index in [2.05, 4.69) is 5.32 Å². The average Bonchev–Trinajstić information content (AvgIpc) is 2.83. The van der Waals surface area contributed by atoms with Crippen LogP contribution in [0.1, 0.15) is 57.8 Å². The molecule has 140 valence electrons. The Hall–Kier alpha value is -1.65. The summed E-state index contributed by atoms with van der Waals surface area (Å²) in [5.74, 6) is 1.84. The van der Waals surface area contributed by atoms with E-state index in [4.69, 9.17) is 0 Å². The fraction of sp³-hybridized carbons (Fsp3) is 0.762. The van der Waals surface area contributed by atoms with E-state index in [0.29, 0.717) is 12.8 Å². The Morgan fingerprint density at radius 2 is 1.46 bits per heavy atom. The number of likely N-dealkylation sites (tertiary alicyclic amines) is 1. The molecular weight excluding hydrogens is 328 g/mol. The first-order valence-corrected chi connectivity index (χ1v) is 10.3. The molecule has 5 heteroatoms. The van der Waals surface area contributed by atoms with Crippen LogP contribution in [0.5, 0.6) is 0 Å². The van der Waals surface area contributed by atoms with Crippen molar-refractivity contribution in [3.05, 3.63) is 12.2 Å². The molecule has 2 atom stereocenters. The minimum atomic E-state index is -0.196. The quantitative estimate of drug-likeness (QED) is 0.621. The van der Waals surface area contributed by atoms with Gasteiger partial charge in [-0.1, -0.05) is 12.2 Å². The third-order valence-electron chi connectivity index (χ3n) is 7.60. The van der Waals surface area contributed by atoms with Gasteiger partial charge in [-0.2, -0.15) is 0 Å². The first kappa shape index (κ1) is 16.5. The van der Waals surface area contributed by atoms with Crippen molar-refractivity contribution in [2.75, 3.05) is 6.54 Å². The Balaban J connectivity index is 1.19. The number of nitrogens with zero attached hydrogens (tertiary/aromatic N) is 1. The van der Waals surface area contributed by atoms with Crippen molar-refractivity contribution >= 4 is 17.7 Å². The predicted octanol–water partition coefficient (Wildman–Crippen LogP) is 2.41. The second-order valence-corrected chi connectivity index (χ2v) is 9.48. The van der Waals surface area contributed by atoms with Gasteiger partial charge in [0.25, 0.3) is 0 Å². The molecule has 4 saturated carbocycles. The minimum Gasteiger partial charge on any atom is -0.351 e. The molecule has 0 spiro atoms. The van der Waals surface area contributed by atoms with Gasteiger partial charge in [0.05, 0.1) is 11.8 Å². The zero-order valence-electron chi connectivity index (χ0n) is 15.3. The van der Waals surface area contributed by atoms with E-state index in [0.717, 1.165) is 37.0 Å². The van der Waals surface area contributed by atoms with Crippen LogP contribution in [0.3, 0.4) is 0 Å². The fourth-order valence-corrected chi connectivity index (χ4v) is 6.92. The van der Waals surface area contributed by atoms with Crippen LogP contribution in [0.15, 0.2) is 12.2 Å². The Labute approximate surface area is 154 Å². The summed E-state index contributed by atoms with van der Waals surface area (Å²) >= 11 is 0.